The van der Waals surface area contributed by atoms with Crippen LogP contribution in [0, 0.1) is 11.3 Å². The number of hydrogen-bond donors (Lipinski definition) is 0. The van der Waals surface area contributed by atoms with Crippen LogP contribution < -0.4 is 29.1 Å². The Bertz CT molecular complexity index is 2290. The van der Waals surface area contributed by atoms with Gasteiger partial charge in [-0.25, -0.2) is 9.79 Å². The maximum Gasteiger partial charge on any atom is 0.338 e. The molecule has 0 N–H and O–H groups in total. The number of nitriles is 1. The largest absolute Gasteiger partial charge is 0.494 e. The van der Waals surface area contributed by atoms with Crippen molar-refractivity contribution in [3.8, 4) is 23.3 Å². The van der Waals surface area contributed by atoms with Crippen LogP contribution in [0.5, 0.6) is 17.2 Å². The molecule has 1 aromatic heterocycles. The second kappa shape index (κ2) is 15.3. The van der Waals surface area contributed by atoms with E-state index in [1.54, 1.807) is 41.8 Å². The fraction of sp³-hybridized carbons (Fsp3) is 0.179. The Morgan fingerprint density at radius 2 is 1.74 bits per heavy atom. The third-order valence-corrected chi connectivity index (χ3v) is 9.16. The third kappa shape index (κ3) is 7.06. The molecule has 0 saturated carbocycles. The number of aromatic nitrogens is 1. The van der Waals surface area contributed by atoms with E-state index in [9.17, 15) is 9.59 Å². The summed E-state index contributed by atoms with van der Waals surface area (Å²) in [4.78, 5) is 33.4. The van der Waals surface area contributed by atoms with Crippen LogP contribution in [0.15, 0.2) is 106 Å². The van der Waals surface area contributed by atoms with Gasteiger partial charge in [0.15, 0.2) is 16.3 Å². The van der Waals surface area contributed by atoms with Crippen LogP contribution >= 0.6 is 22.9 Å². The molecule has 252 valence electrons. The number of halogens is 1. The highest BCUT2D eigenvalue weighted by molar-refractivity contribution is 7.07. The lowest BCUT2D eigenvalue weighted by molar-refractivity contribution is -0.138. The van der Waals surface area contributed by atoms with Crippen LogP contribution in [0.2, 0.25) is 5.02 Å². The Kier molecular flexibility index (Phi) is 10.5. The molecule has 1 aliphatic rings. The minimum Gasteiger partial charge on any atom is -0.494 e. The van der Waals surface area contributed by atoms with E-state index in [0.717, 1.165) is 11.1 Å². The summed E-state index contributed by atoms with van der Waals surface area (Å²) in [6.07, 6.45) is 1.72. The molecule has 50 heavy (non-hydrogen) atoms. The molecule has 2 heterocycles. The molecule has 11 heteroatoms. The lowest BCUT2D eigenvalue weighted by Crippen LogP contribution is -2.40. The summed E-state index contributed by atoms with van der Waals surface area (Å²) in [6.45, 7) is 4.50. The smallest absolute Gasteiger partial charge is 0.338 e. The standard InChI is InChI=1S/C39H32ClN3O6S/c1-4-47-29-17-15-28(16-18-29)35-33(38(45)48-5-2)34(27-9-7-6-8-10-27)42-39-43(35)37(44)32(50-39)21-26-19-30(40)36(31(20-26)46-3)49-23-25-13-11-24(22-41)12-14-25/h6-21,35H,4-5,23H2,1-3H3/b32-21-/t35-/m1/s1. The number of rotatable bonds is 11. The quantitative estimate of drug-likeness (QED) is 0.145. The van der Waals surface area contributed by atoms with Gasteiger partial charge in [-0.15, -0.1) is 0 Å². The van der Waals surface area contributed by atoms with Crippen molar-refractivity contribution in [3.05, 3.63) is 149 Å². The zero-order chi connectivity index (χ0) is 35.2. The lowest BCUT2D eigenvalue weighted by Gasteiger charge is -2.26. The fourth-order valence-electron chi connectivity index (χ4n) is 5.61. The van der Waals surface area contributed by atoms with E-state index in [1.807, 2.05) is 73.7 Å². The second-order valence-corrected chi connectivity index (χ2v) is 12.5. The zero-order valence-corrected chi connectivity index (χ0v) is 29.1. The van der Waals surface area contributed by atoms with Crippen molar-refractivity contribution in [3.63, 3.8) is 0 Å². The van der Waals surface area contributed by atoms with Crippen molar-refractivity contribution in [1.29, 1.82) is 5.26 Å². The average Bonchev–Trinajstić information content (AvgIpc) is 3.45. The number of nitrogens with zero attached hydrogens (tertiary/aromatic N) is 3. The summed E-state index contributed by atoms with van der Waals surface area (Å²) in [5.41, 5.74) is 3.79. The minimum atomic E-state index is -0.825. The molecule has 0 radical (unpaired) electrons. The van der Waals surface area contributed by atoms with E-state index in [1.165, 1.54) is 18.4 Å². The number of thiazole rings is 1. The summed E-state index contributed by atoms with van der Waals surface area (Å²) in [6, 6.07) is 28.5. The minimum absolute atomic E-state index is 0.153. The molecule has 4 aromatic carbocycles. The highest BCUT2D eigenvalue weighted by atomic mass is 35.5. The van der Waals surface area contributed by atoms with E-state index in [0.29, 0.717) is 60.6 Å². The average molecular weight is 706 g/mol. The first-order valence-corrected chi connectivity index (χ1v) is 17.0. The first kappa shape index (κ1) is 34.2. The van der Waals surface area contributed by atoms with Crippen molar-refractivity contribution < 1.29 is 23.7 Å². The van der Waals surface area contributed by atoms with Crippen molar-refractivity contribution in [2.24, 2.45) is 4.99 Å². The van der Waals surface area contributed by atoms with Gasteiger partial charge in [-0.1, -0.05) is 77.5 Å². The number of fused-ring (bicyclic) bond motifs is 1. The van der Waals surface area contributed by atoms with Crippen LogP contribution in [-0.4, -0.2) is 30.9 Å². The summed E-state index contributed by atoms with van der Waals surface area (Å²) in [7, 11) is 1.51. The second-order valence-electron chi connectivity index (χ2n) is 11.1. The van der Waals surface area contributed by atoms with Gasteiger partial charge in [-0.3, -0.25) is 9.36 Å². The van der Waals surface area contributed by atoms with Crippen LogP contribution in [-0.2, 0) is 16.1 Å². The molecule has 0 fully saturated rings. The summed E-state index contributed by atoms with van der Waals surface area (Å²) < 4.78 is 24.8. The van der Waals surface area contributed by atoms with Crippen LogP contribution in [0.1, 0.15) is 47.7 Å². The van der Waals surface area contributed by atoms with Gasteiger partial charge in [0.1, 0.15) is 12.4 Å². The molecular formula is C39H32ClN3O6S. The molecule has 0 aliphatic carbocycles. The number of carbonyl (C=O) groups is 1. The molecular weight excluding hydrogens is 674 g/mol. The summed E-state index contributed by atoms with van der Waals surface area (Å²) in [5.74, 6) is 0.841. The molecule has 6 rings (SSSR count). The Hall–Kier alpha value is -5.63. The number of benzene rings is 4. The molecule has 9 nitrogen and oxygen atoms in total. The lowest BCUT2D eigenvalue weighted by atomic mass is 9.93. The van der Waals surface area contributed by atoms with E-state index < -0.39 is 12.0 Å². The molecule has 0 bridgehead atoms. The molecule has 0 unspecified atom stereocenters. The molecule has 1 aliphatic heterocycles. The van der Waals surface area contributed by atoms with Gasteiger partial charge in [0.25, 0.3) is 5.56 Å². The molecule has 0 saturated heterocycles. The van der Waals surface area contributed by atoms with E-state index >= 15 is 0 Å². The number of hydrogen-bond acceptors (Lipinski definition) is 9. The highest BCUT2D eigenvalue weighted by Crippen LogP contribution is 2.38. The van der Waals surface area contributed by atoms with Crippen molar-refractivity contribution >= 4 is 40.7 Å². The topological polar surface area (TPSA) is 112 Å². The van der Waals surface area contributed by atoms with Crippen LogP contribution in [0.3, 0.4) is 0 Å². The Balaban J connectivity index is 1.47. The Labute approximate surface area is 297 Å². The van der Waals surface area contributed by atoms with Gasteiger partial charge in [0, 0.05) is 5.56 Å². The van der Waals surface area contributed by atoms with Gasteiger partial charge >= 0.3 is 5.97 Å². The first-order valence-electron chi connectivity index (χ1n) is 15.9. The van der Waals surface area contributed by atoms with E-state index in [4.69, 9.17) is 40.8 Å². The maximum atomic E-state index is 14.3. The Morgan fingerprint density at radius 1 is 1.00 bits per heavy atom. The Morgan fingerprint density at radius 3 is 2.40 bits per heavy atom. The number of methoxy groups -OCH3 is 1. The monoisotopic (exact) mass is 705 g/mol. The van der Waals surface area contributed by atoms with Crippen molar-refractivity contribution in [2.45, 2.75) is 26.5 Å². The van der Waals surface area contributed by atoms with Gasteiger partial charge < -0.3 is 18.9 Å². The molecule has 5 aromatic rings. The summed E-state index contributed by atoms with van der Waals surface area (Å²) >= 11 is 7.91. The SMILES string of the molecule is CCOC(=O)C1=C(c2ccccc2)N=c2s/c(=C\c3cc(Cl)c(OCc4ccc(C#N)cc4)c(OC)c3)c(=O)n2[C@@H]1c1ccc(OCC)cc1. The number of esters is 1. The van der Waals surface area contributed by atoms with Gasteiger partial charge in [0.2, 0.25) is 0 Å². The normalized spacial score (nSPS) is 14.0. The van der Waals surface area contributed by atoms with Gasteiger partial charge in [-0.05, 0) is 73.0 Å². The number of ether oxygens (including phenoxy) is 4. The van der Waals surface area contributed by atoms with Gasteiger partial charge in [0.05, 0.1) is 58.8 Å². The maximum absolute atomic E-state index is 14.3. The van der Waals surface area contributed by atoms with Crippen molar-refractivity contribution in [2.75, 3.05) is 20.3 Å². The number of carbonyl (C=O) groups excluding carboxylic acids is 1. The zero-order valence-electron chi connectivity index (χ0n) is 27.5. The molecule has 0 spiro atoms. The van der Waals surface area contributed by atoms with Crippen molar-refractivity contribution in [1.82, 2.24) is 4.57 Å². The summed E-state index contributed by atoms with van der Waals surface area (Å²) in [5, 5.41) is 9.36. The van der Waals surface area contributed by atoms with Crippen LogP contribution in [0.4, 0.5) is 0 Å². The third-order valence-electron chi connectivity index (χ3n) is 7.90. The fourth-order valence-corrected chi connectivity index (χ4v) is 6.89. The first-order chi connectivity index (χ1) is 24.3. The molecule has 0 amide bonds. The predicted octanol–water partition coefficient (Wildman–Crippen LogP) is 6.45. The molecule has 1 atom stereocenters. The predicted molar refractivity (Wildman–Crippen MR) is 192 cm³/mol. The van der Waals surface area contributed by atoms with Crippen LogP contribution in [0.25, 0.3) is 11.8 Å². The van der Waals surface area contributed by atoms with E-state index in [-0.39, 0.29) is 24.3 Å². The van der Waals surface area contributed by atoms with E-state index in [2.05, 4.69) is 6.07 Å². The van der Waals surface area contributed by atoms with Gasteiger partial charge in [-0.2, -0.15) is 5.26 Å². The highest BCUT2D eigenvalue weighted by Gasteiger charge is 2.35.